The number of ether oxygens (including phenoxy) is 1. The molecule has 0 amide bonds. The number of benzene rings is 1. The number of halogens is 2. The summed E-state index contributed by atoms with van der Waals surface area (Å²) in [6.45, 7) is 4.57. The quantitative estimate of drug-likeness (QED) is 0.599. The molecule has 0 saturated heterocycles. The van der Waals surface area contributed by atoms with E-state index in [2.05, 4.69) is 28.3 Å². The van der Waals surface area contributed by atoms with Gasteiger partial charge in [-0.25, -0.2) is 4.39 Å². The van der Waals surface area contributed by atoms with E-state index in [0.29, 0.717) is 16.6 Å². The molecule has 0 aliphatic heterocycles. The van der Waals surface area contributed by atoms with Crippen molar-refractivity contribution in [1.29, 1.82) is 0 Å². The van der Waals surface area contributed by atoms with E-state index in [9.17, 15) is 4.39 Å². The fourth-order valence-corrected chi connectivity index (χ4v) is 2.38. The Kier molecular flexibility index (Phi) is 6.78. The molecule has 18 heavy (non-hydrogen) atoms. The molecule has 1 aromatic rings. The van der Waals surface area contributed by atoms with Crippen LogP contribution in [0.25, 0.3) is 0 Å². The number of rotatable bonds is 7. The van der Waals surface area contributed by atoms with E-state index in [0.717, 1.165) is 12.8 Å². The molecular formula is C13H20BrFN2O. The fourth-order valence-electron chi connectivity index (χ4n) is 2.00. The van der Waals surface area contributed by atoms with Gasteiger partial charge in [-0.2, -0.15) is 0 Å². The SMILES string of the molecule is CCCC(OCC)C(NN)c1cccc(Br)c1F. The minimum absolute atomic E-state index is 0.131. The Morgan fingerprint density at radius 3 is 2.72 bits per heavy atom. The Hall–Kier alpha value is -0.490. The molecule has 1 aromatic carbocycles. The molecule has 102 valence electrons. The van der Waals surface area contributed by atoms with Crippen molar-refractivity contribution in [2.75, 3.05) is 6.61 Å². The summed E-state index contributed by atoms with van der Waals surface area (Å²) in [5, 5.41) is 0. The Balaban J connectivity index is 3.02. The zero-order valence-corrected chi connectivity index (χ0v) is 12.3. The first-order chi connectivity index (χ1) is 8.65. The minimum Gasteiger partial charge on any atom is -0.376 e. The first kappa shape index (κ1) is 15.6. The molecule has 0 bridgehead atoms. The number of nitrogens with one attached hydrogen (secondary N) is 1. The maximum Gasteiger partial charge on any atom is 0.142 e. The van der Waals surface area contributed by atoms with E-state index >= 15 is 0 Å². The van der Waals surface area contributed by atoms with Gasteiger partial charge in [0, 0.05) is 12.2 Å². The average molecular weight is 319 g/mol. The lowest BCUT2D eigenvalue weighted by molar-refractivity contribution is 0.0267. The van der Waals surface area contributed by atoms with Crippen LogP contribution in [0.1, 0.15) is 38.3 Å². The molecule has 2 unspecified atom stereocenters. The fraction of sp³-hybridized carbons (Fsp3) is 0.538. The molecule has 0 aliphatic rings. The topological polar surface area (TPSA) is 47.3 Å². The maximum atomic E-state index is 14.1. The highest BCUT2D eigenvalue weighted by molar-refractivity contribution is 9.10. The monoisotopic (exact) mass is 318 g/mol. The van der Waals surface area contributed by atoms with Gasteiger partial charge in [-0.15, -0.1) is 0 Å². The van der Waals surface area contributed by atoms with Crippen LogP contribution < -0.4 is 11.3 Å². The van der Waals surface area contributed by atoms with E-state index in [1.807, 2.05) is 6.92 Å². The Morgan fingerprint density at radius 2 is 2.17 bits per heavy atom. The largest absolute Gasteiger partial charge is 0.376 e. The Morgan fingerprint density at radius 1 is 1.44 bits per heavy atom. The standard InChI is InChI=1S/C13H20BrFN2O/c1-3-6-11(18-4-2)13(17-16)9-7-5-8-10(14)12(9)15/h5,7-8,11,13,17H,3-4,6,16H2,1-2H3. The van der Waals surface area contributed by atoms with E-state index in [1.54, 1.807) is 18.2 Å². The first-order valence-corrected chi connectivity index (χ1v) is 6.96. The third kappa shape index (κ3) is 3.75. The highest BCUT2D eigenvalue weighted by atomic mass is 79.9. The van der Waals surface area contributed by atoms with Gasteiger partial charge in [0.05, 0.1) is 16.6 Å². The third-order valence-corrected chi connectivity index (χ3v) is 3.43. The van der Waals surface area contributed by atoms with Crippen molar-refractivity contribution >= 4 is 15.9 Å². The van der Waals surface area contributed by atoms with Crippen molar-refractivity contribution in [1.82, 2.24) is 5.43 Å². The zero-order valence-electron chi connectivity index (χ0n) is 10.7. The normalized spacial score (nSPS) is 14.5. The van der Waals surface area contributed by atoms with Crippen LogP contribution in [0, 0.1) is 5.82 Å². The molecule has 0 radical (unpaired) electrons. The predicted molar refractivity (Wildman–Crippen MR) is 74.5 cm³/mol. The molecule has 0 fully saturated rings. The Labute approximate surface area is 116 Å². The molecular weight excluding hydrogens is 299 g/mol. The summed E-state index contributed by atoms with van der Waals surface area (Å²) in [5.74, 6) is 5.28. The smallest absolute Gasteiger partial charge is 0.142 e. The highest BCUT2D eigenvalue weighted by Gasteiger charge is 2.25. The minimum atomic E-state index is -0.345. The van der Waals surface area contributed by atoms with Gasteiger partial charge in [-0.1, -0.05) is 25.5 Å². The molecule has 0 saturated carbocycles. The second kappa shape index (κ2) is 7.84. The zero-order chi connectivity index (χ0) is 13.5. The van der Waals surface area contributed by atoms with Crippen LogP contribution in [0.15, 0.2) is 22.7 Å². The lowest BCUT2D eigenvalue weighted by Gasteiger charge is -2.27. The van der Waals surface area contributed by atoms with Gasteiger partial charge in [0.2, 0.25) is 0 Å². The first-order valence-electron chi connectivity index (χ1n) is 6.17. The molecule has 0 aromatic heterocycles. The van der Waals surface area contributed by atoms with E-state index in [1.165, 1.54) is 0 Å². The molecule has 0 heterocycles. The third-order valence-electron chi connectivity index (χ3n) is 2.82. The summed E-state index contributed by atoms with van der Waals surface area (Å²) < 4.78 is 20.2. The molecule has 5 heteroatoms. The van der Waals surface area contributed by atoms with Gasteiger partial charge in [-0.3, -0.25) is 11.3 Å². The lowest BCUT2D eigenvalue weighted by Crippen LogP contribution is -2.38. The van der Waals surface area contributed by atoms with Crippen molar-refractivity contribution in [3.05, 3.63) is 34.1 Å². The van der Waals surface area contributed by atoms with Crippen LogP contribution in [0.5, 0.6) is 0 Å². The summed E-state index contributed by atoms with van der Waals surface area (Å²) in [4.78, 5) is 0. The lowest BCUT2D eigenvalue weighted by atomic mass is 9.98. The molecule has 1 rings (SSSR count). The van der Waals surface area contributed by atoms with Crippen LogP contribution in [-0.4, -0.2) is 12.7 Å². The van der Waals surface area contributed by atoms with Gasteiger partial charge in [0.1, 0.15) is 5.82 Å². The van der Waals surface area contributed by atoms with Gasteiger partial charge < -0.3 is 4.74 Å². The van der Waals surface area contributed by atoms with E-state index < -0.39 is 0 Å². The predicted octanol–water partition coefficient (Wildman–Crippen LogP) is 3.30. The van der Waals surface area contributed by atoms with Crippen molar-refractivity contribution in [2.45, 2.75) is 38.8 Å². The van der Waals surface area contributed by atoms with Crippen molar-refractivity contribution in [3.63, 3.8) is 0 Å². The molecule has 0 aliphatic carbocycles. The molecule has 3 nitrogen and oxygen atoms in total. The summed E-state index contributed by atoms with van der Waals surface area (Å²) in [5.41, 5.74) is 3.20. The molecule has 2 atom stereocenters. The van der Waals surface area contributed by atoms with Gasteiger partial charge >= 0.3 is 0 Å². The number of nitrogens with two attached hydrogens (primary N) is 1. The van der Waals surface area contributed by atoms with Crippen molar-refractivity contribution in [2.24, 2.45) is 5.84 Å². The van der Waals surface area contributed by atoms with Crippen LogP contribution in [0.2, 0.25) is 0 Å². The molecule has 0 spiro atoms. The second-order valence-electron chi connectivity index (χ2n) is 4.07. The average Bonchev–Trinajstić information content (AvgIpc) is 2.36. The Bertz CT molecular complexity index is 370. The van der Waals surface area contributed by atoms with Crippen LogP contribution >= 0.6 is 15.9 Å². The van der Waals surface area contributed by atoms with Crippen LogP contribution in [-0.2, 0) is 4.74 Å². The summed E-state index contributed by atoms with van der Waals surface area (Å²) in [6, 6.07) is 4.85. The van der Waals surface area contributed by atoms with Gasteiger partial charge in [-0.05, 0) is 35.3 Å². The van der Waals surface area contributed by atoms with Crippen molar-refractivity contribution < 1.29 is 9.13 Å². The van der Waals surface area contributed by atoms with Gasteiger partial charge in [0.15, 0.2) is 0 Å². The van der Waals surface area contributed by atoms with Gasteiger partial charge in [0.25, 0.3) is 0 Å². The highest BCUT2D eigenvalue weighted by Crippen LogP contribution is 2.28. The number of hydrogen-bond donors (Lipinski definition) is 2. The van der Waals surface area contributed by atoms with Crippen LogP contribution in [0.4, 0.5) is 4.39 Å². The maximum absolute atomic E-state index is 14.1. The number of hydrogen-bond acceptors (Lipinski definition) is 3. The second-order valence-corrected chi connectivity index (χ2v) is 4.92. The van der Waals surface area contributed by atoms with Crippen molar-refractivity contribution in [3.8, 4) is 0 Å². The summed E-state index contributed by atoms with van der Waals surface area (Å²) in [6.07, 6.45) is 1.65. The van der Waals surface area contributed by atoms with E-state index in [-0.39, 0.29) is 18.0 Å². The molecule has 3 N–H and O–H groups in total. The number of hydrazine groups is 1. The summed E-state index contributed by atoms with van der Waals surface area (Å²) >= 11 is 3.19. The van der Waals surface area contributed by atoms with E-state index in [4.69, 9.17) is 10.6 Å². The summed E-state index contributed by atoms with van der Waals surface area (Å²) in [7, 11) is 0. The van der Waals surface area contributed by atoms with Crippen LogP contribution in [0.3, 0.4) is 0 Å².